The Morgan fingerprint density at radius 3 is 2.25 bits per heavy atom. The first kappa shape index (κ1) is 10.7. The molecule has 0 unspecified atom stereocenters. The van der Waals surface area contributed by atoms with Gasteiger partial charge < -0.3 is 9.47 Å². The fraction of sp³-hybridized carbons (Fsp3) is 0.333. The van der Waals surface area contributed by atoms with Crippen LogP contribution in [-0.2, 0) is 0 Å². The minimum atomic E-state index is 0.635. The molecule has 0 atom stereocenters. The molecule has 1 aromatic heterocycles. The van der Waals surface area contributed by atoms with Crippen molar-refractivity contribution in [1.29, 1.82) is 0 Å². The van der Waals surface area contributed by atoms with Gasteiger partial charge in [0.05, 0.1) is 31.1 Å². The van der Waals surface area contributed by atoms with Crippen molar-refractivity contribution in [2.24, 2.45) is 0 Å². The Morgan fingerprint density at radius 1 is 0.938 bits per heavy atom. The Labute approximate surface area is 94.2 Å². The van der Waals surface area contributed by atoms with E-state index in [1.54, 1.807) is 14.2 Å². The van der Waals surface area contributed by atoms with Crippen LogP contribution in [0.15, 0.2) is 12.1 Å². The minimum Gasteiger partial charge on any atom is -0.493 e. The molecule has 0 spiro atoms. The lowest BCUT2D eigenvalue weighted by molar-refractivity contribution is 0.358. The van der Waals surface area contributed by atoms with Crippen LogP contribution >= 0.6 is 0 Å². The molecule has 0 fully saturated rings. The number of ether oxygens (including phenoxy) is 2. The van der Waals surface area contributed by atoms with Crippen LogP contribution in [0.5, 0.6) is 11.5 Å². The highest BCUT2D eigenvalue weighted by Crippen LogP contribution is 2.33. The van der Waals surface area contributed by atoms with Crippen LogP contribution in [0.25, 0.3) is 11.0 Å². The van der Waals surface area contributed by atoms with Crippen LogP contribution in [0.3, 0.4) is 0 Å². The third-order valence-corrected chi connectivity index (χ3v) is 2.59. The van der Waals surface area contributed by atoms with Gasteiger partial charge in [-0.2, -0.15) is 0 Å². The van der Waals surface area contributed by atoms with E-state index in [-0.39, 0.29) is 0 Å². The molecule has 2 aromatic rings. The molecule has 0 aliphatic rings. The van der Waals surface area contributed by atoms with Crippen LogP contribution < -0.4 is 9.47 Å². The van der Waals surface area contributed by atoms with Gasteiger partial charge in [0.15, 0.2) is 11.5 Å². The topological polar surface area (TPSA) is 44.2 Å². The maximum Gasteiger partial charge on any atom is 0.188 e. The molecule has 0 radical (unpaired) electrons. The molecule has 0 aliphatic heterocycles. The van der Waals surface area contributed by atoms with Gasteiger partial charge in [-0.25, -0.2) is 9.97 Å². The maximum atomic E-state index is 5.32. The van der Waals surface area contributed by atoms with E-state index < -0.39 is 0 Å². The summed E-state index contributed by atoms with van der Waals surface area (Å²) in [6.45, 7) is 3.87. The average molecular weight is 218 g/mol. The van der Waals surface area contributed by atoms with Crippen LogP contribution in [-0.4, -0.2) is 24.2 Å². The molecule has 0 N–H and O–H groups in total. The van der Waals surface area contributed by atoms with Crippen molar-refractivity contribution < 1.29 is 9.47 Å². The summed E-state index contributed by atoms with van der Waals surface area (Å²) in [5.41, 5.74) is 3.39. The highest BCUT2D eigenvalue weighted by Gasteiger charge is 2.12. The lowest BCUT2D eigenvalue weighted by Crippen LogP contribution is -1.98. The monoisotopic (exact) mass is 218 g/mol. The van der Waals surface area contributed by atoms with Crippen molar-refractivity contribution in [3.8, 4) is 11.5 Å². The summed E-state index contributed by atoms with van der Waals surface area (Å²) < 4.78 is 10.5. The summed E-state index contributed by atoms with van der Waals surface area (Å²) in [7, 11) is 3.21. The van der Waals surface area contributed by atoms with Gasteiger partial charge in [-0.1, -0.05) is 0 Å². The molecule has 0 saturated carbocycles. The number of fused-ring (bicyclic) bond motifs is 1. The van der Waals surface area contributed by atoms with Gasteiger partial charge in [-0.3, -0.25) is 0 Å². The summed E-state index contributed by atoms with van der Waals surface area (Å²) in [5, 5.41) is 0. The minimum absolute atomic E-state index is 0.635. The Hall–Kier alpha value is -1.84. The Kier molecular flexibility index (Phi) is 2.64. The molecule has 0 amide bonds. The standard InChI is InChI=1S/C12H14N2O2/c1-7-8(2)14-11-9(13-7)5-6-10(15-3)12(11)16-4/h5-6H,1-4H3. The van der Waals surface area contributed by atoms with E-state index in [4.69, 9.17) is 9.47 Å². The predicted molar refractivity (Wildman–Crippen MR) is 62.1 cm³/mol. The van der Waals surface area contributed by atoms with Crippen LogP contribution in [0.4, 0.5) is 0 Å². The van der Waals surface area contributed by atoms with Gasteiger partial charge in [-0.05, 0) is 26.0 Å². The third kappa shape index (κ3) is 1.56. The Balaban J connectivity index is 2.81. The SMILES string of the molecule is COc1ccc2nc(C)c(C)nc2c1OC. The average Bonchev–Trinajstić information content (AvgIpc) is 2.29. The molecule has 4 heteroatoms. The van der Waals surface area contributed by atoms with Gasteiger partial charge in [0.25, 0.3) is 0 Å². The number of rotatable bonds is 2. The van der Waals surface area contributed by atoms with Crippen molar-refractivity contribution in [2.75, 3.05) is 14.2 Å². The summed E-state index contributed by atoms with van der Waals surface area (Å²) in [4.78, 5) is 8.95. The zero-order valence-corrected chi connectivity index (χ0v) is 9.87. The van der Waals surface area contributed by atoms with Gasteiger partial charge in [0.1, 0.15) is 5.52 Å². The molecule has 0 saturated heterocycles. The van der Waals surface area contributed by atoms with Gasteiger partial charge >= 0.3 is 0 Å². The second-order valence-corrected chi connectivity index (χ2v) is 3.56. The van der Waals surface area contributed by atoms with E-state index in [9.17, 15) is 0 Å². The molecule has 1 aromatic carbocycles. The van der Waals surface area contributed by atoms with Crippen molar-refractivity contribution in [3.05, 3.63) is 23.5 Å². The molecule has 16 heavy (non-hydrogen) atoms. The zero-order chi connectivity index (χ0) is 11.7. The quantitative estimate of drug-likeness (QED) is 0.775. The normalized spacial score (nSPS) is 10.5. The first-order chi connectivity index (χ1) is 7.67. The van der Waals surface area contributed by atoms with Crippen molar-refractivity contribution >= 4 is 11.0 Å². The van der Waals surface area contributed by atoms with Crippen LogP contribution in [0, 0.1) is 13.8 Å². The van der Waals surface area contributed by atoms with Crippen molar-refractivity contribution in [1.82, 2.24) is 9.97 Å². The number of hydrogen-bond acceptors (Lipinski definition) is 4. The zero-order valence-electron chi connectivity index (χ0n) is 9.87. The number of aromatic nitrogens is 2. The number of benzene rings is 1. The Bertz CT molecular complexity index is 538. The van der Waals surface area contributed by atoms with Gasteiger partial charge in [0, 0.05) is 0 Å². The molecule has 0 bridgehead atoms. The first-order valence-corrected chi connectivity index (χ1v) is 5.03. The highest BCUT2D eigenvalue weighted by molar-refractivity contribution is 5.84. The fourth-order valence-corrected chi connectivity index (χ4v) is 1.61. The number of nitrogens with zero attached hydrogens (tertiary/aromatic N) is 2. The third-order valence-electron chi connectivity index (χ3n) is 2.59. The molecule has 0 aliphatic carbocycles. The second kappa shape index (κ2) is 3.96. The first-order valence-electron chi connectivity index (χ1n) is 5.03. The molecule has 4 nitrogen and oxygen atoms in total. The number of hydrogen-bond donors (Lipinski definition) is 0. The molecule has 1 heterocycles. The molecule has 2 rings (SSSR count). The Morgan fingerprint density at radius 2 is 1.62 bits per heavy atom. The van der Waals surface area contributed by atoms with Crippen LogP contribution in [0.1, 0.15) is 11.4 Å². The smallest absolute Gasteiger partial charge is 0.188 e. The molecule has 84 valence electrons. The number of aryl methyl sites for hydroxylation is 2. The largest absolute Gasteiger partial charge is 0.493 e. The van der Waals surface area contributed by atoms with E-state index in [1.807, 2.05) is 26.0 Å². The van der Waals surface area contributed by atoms with Crippen molar-refractivity contribution in [3.63, 3.8) is 0 Å². The lowest BCUT2D eigenvalue weighted by Gasteiger charge is -2.10. The summed E-state index contributed by atoms with van der Waals surface area (Å²) in [5.74, 6) is 1.31. The van der Waals surface area contributed by atoms with Gasteiger partial charge in [-0.15, -0.1) is 0 Å². The summed E-state index contributed by atoms with van der Waals surface area (Å²) >= 11 is 0. The van der Waals surface area contributed by atoms with E-state index >= 15 is 0 Å². The van der Waals surface area contributed by atoms with E-state index in [0.717, 1.165) is 22.4 Å². The van der Waals surface area contributed by atoms with Crippen LogP contribution in [0.2, 0.25) is 0 Å². The van der Waals surface area contributed by atoms with Gasteiger partial charge in [0.2, 0.25) is 0 Å². The summed E-state index contributed by atoms with van der Waals surface area (Å²) in [6, 6.07) is 3.72. The lowest BCUT2D eigenvalue weighted by atomic mass is 10.2. The maximum absolute atomic E-state index is 5.32. The number of methoxy groups -OCH3 is 2. The predicted octanol–water partition coefficient (Wildman–Crippen LogP) is 2.26. The summed E-state index contributed by atoms with van der Waals surface area (Å²) in [6.07, 6.45) is 0. The fourth-order valence-electron chi connectivity index (χ4n) is 1.61. The van der Waals surface area contributed by atoms with E-state index in [2.05, 4.69) is 9.97 Å². The van der Waals surface area contributed by atoms with Crippen molar-refractivity contribution in [2.45, 2.75) is 13.8 Å². The van der Waals surface area contributed by atoms with E-state index in [0.29, 0.717) is 11.5 Å². The molecular weight excluding hydrogens is 204 g/mol. The molecular formula is C12H14N2O2. The second-order valence-electron chi connectivity index (χ2n) is 3.56. The highest BCUT2D eigenvalue weighted by atomic mass is 16.5. The van der Waals surface area contributed by atoms with E-state index in [1.165, 1.54) is 0 Å².